The Bertz CT molecular complexity index is 302. The number of aliphatic hydroxyl groups is 1. The summed E-state index contributed by atoms with van der Waals surface area (Å²) >= 11 is 9.22. The molecule has 0 aromatic heterocycles. The Morgan fingerprint density at radius 3 is 2.86 bits per heavy atom. The number of rotatable bonds is 4. The molecule has 0 aliphatic heterocycles. The first kappa shape index (κ1) is 11.8. The van der Waals surface area contributed by atoms with Crippen molar-refractivity contribution in [1.82, 2.24) is 0 Å². The Hall–Kier alpha value is -0.250. The number of aliphatic hydroxyl groups excluding tert-OH is 1. The zero-order valence-electron chi connectivity index (χ0n) is 7.84. The van der Waals surface area contributed by atoms with E-state index in [0.717, 1.165) is 10.9 Å². The first-order valence-corrected chi connectivity index (χ1v) is 5.82. The molecule has 0 fully saturated rings. The lowest BCUT2D eigenvalue weighted by molar-refractivity contribution is 0.192. The van der Waals surface area contributed by atoms with Gasteiger partial charge in [0.15, 0.2) is 0 Å². The number of para-hydroxylation sites is 1. The van der Waals surface area contributed by atoms with Gasteiger partial charge in [-0.25, -0.2) is 0 Å². The minimum Gasteiger partial charge on any atom is -0.491 e. The summed E-state index contributed by atoms with van der Waals surface area (Å²) in [5.74, 6) is 0.573. The van der Waals surface area contributed by atoms with Crippen LogP contribution in [0.5, 0.6) is 5.75 Å². The molecule has 14 heavy (non-hydrogen) atoms. The standard InChI is InChI=1S/C10H12BrClO2/c1-7(13)8-3-2-4-9(12)10(8)14-6-5-11/h2-4,7,13H,5-6H2,1H3. The third kappa shape index (κ3) is 2.87. The van der Waals surface area contributed by atoms with E-state index in [1.54, 1.807) is 25.1 Å². The molecule has 0 spiro atoms. The second kappa shape index (κ2) is 5.59. The third-order valence-corrected chi connectivity index (χ3v) is 2.39. The number of benzene rings is 1. The predicted molar refractivity (Wildman–Crippen MR) is 61.4 cm³/mol. The molecule has 2 nitrogen and oxygen atoms in total. The van der Waals surface area contributed by atoms with Crippen LogP contribution in [0, 0.1) is 0 Å². The van der Waals surface area contributed by atoms with Crippen LogP contribution in [0.3, 0.4) is 0 Å². The van der Waals surface area contributed by atoms with E-state index in [-0.39, 0.29) is 0 Å². The molecule has 0 radical (unpaired) electrons. The number of hydrogen-bond acceptors (Lipinski definition) is 2. The molecule has 1 rings (SSSR count). The highest BCUT2D eigenvalue weighted by atomic mass is 79.9. The minimum atomic E-state index is -0.570. The quantitative estimate of drug-likeness (QED) is 0.858. The molecule has 0 bridgehead atoms. The zero-order valence-corrected chi connectivity index (χ0v) is 10.2. The van der Waals surface area contributed by atoms with E-state index in [4.69, 9.17) is 16.3 Å². The highest BCUT2D eigenvalue weighted by Gasteiger charge is 2.11. The van der Waals surface area contributed by atoms with Gasteiger partial charge in [0.05, 0.1) is 17.7 Å². The lowest BCUT2D eigenvalue weighted by Gasteiger charge is -2.13. The van der Waals surface area contributed by atoms with Crippen molar-refractivity contribution >= 4 is 27.5 Å². The number of alkyl halides is 1. The molecule has 0 saturated heterocycles. The van der Waals surface area contributed by atoms with Crippen LogP contribution in [-0.4, -0.2) is 17.0 Å². The van der Waals surface area contributed by atoms with E-state index in [9.17, 15) is 5.11 Å². The first-order valence-electron chi connectivity index (χ1n) is 4.32. The maximum absolute atomic E-state index is 9.48. The smallest absolute Gasteiger partial charge is 0.143 e. The summed E-state index contributed by atoms with van der Waals surface area (Å²) in [5, 5.41) is 10.7. The van der Waals surface area contributed by atoms with Gasteiger partial charge in [-0.15, -0.1) is 0 Å². The molecule has 1 unspecified atom stereocenters. The summed E-state index contributed by atoms with van der Waals surface area (Å²) in [6.07, 6.45) is -0.570. The molecule has 0 aliphatic rings. The van der Waals surface area contributed by atoms with Gasteiger partial charge in [0.1, 0.15) is 5.75 Å². The monoisotopic (exact) mass is 278 g/mol. The SMILES string of the molecule is CC(O)c1cccc(Cl)c1OCCBr. The van der Waals surface area contributed by atoms with Crippen LogP contribution in [0.2, 0.25) is 5.02 Å². The van der Waals surface area contributed by atoms with Crippen LogP contribution in [0.25, 0.3) is 0 Å². The molecular weight excluding hydrogens is 267 g/mol. The van der Waals surface area contributed by atoms with Crippen molar-refractivity contribution in [3.05, 3.63) is 28.8 Å². The van der Waals surface area contributed by atoms with Gasteiger partial charge in [-0.3, -0.25) is 0 Å². The van der Waals surface area contributed by atoms with Crippen molar-refractivity contribution in [3.63, 3.8) is 0 Å². The van der Waals surface area contributed by atoms with Gasteiger partial charge in [-0.1, -0.05) is 39.7 Å². The summed E-state index contributed by atoms with van der Waals surface area (Å²) in [7, 11) is 0. The number of hydrogen-bond donors (Lipinski definition) is 1. The fourth-order valence-corrected chi connectivity index (χ4v) is 1.55. The Morgan fingerprint density at radius 2 is 2.29 bits per heavy atom. The Balaban J connectivity index is 2.96. The zero-order chi connectivity index (χ0) is 10.6. The van der Waals surface area contributed by atoms with Gasteiger partial charge in [0.25, 0.3) is 0 Å². The highest BCUT2D eigenvalue weighted by Crippen LogP contribution is 2.32. The summed E-state index contributed by atoms with van der Waals surface area (Å²) in [6.45, 7) is 2.22. The van der Waals surface area contributed by atoms with Gasteiger partial charge < -0.3 is 9.84 Å². The predicted octanol–water partition coefficient (Wildman–Crippen LogP) is 3.17. The summed E-state index contributed by atoms with van der Waals surface area (Å²) in [6, 6.07) is 5.35. The summed E-state index contributed by atoms with van der Waals surface area (Å²) in [5.41, 5.74) is 0.721. The van der Waals surface area contributed by atoms with E-state index in [1.165, 1.54) is 0 Å². The van der Waals surface area contributed by atoms with Gasteiger partial charge in [0.2, 0.25) is 0 Å². The Kier molecular flexibility index (Phi) is 4.72. The van der Waals surface area contributed by atoms with E-state index >= 15 is 0 Å². The molecule has 0 amide bonds. The van der Waals surface area contributed by atoms with E-state index in [2.05, 4.69) is 15.9 Å². The van der Waals surface area contributed by atoms with Gasteiger partial charge in [-0.05, 0) is 13.0 Å². The summed E-state index contributed by atoms with van der Waals surface area (Å²) < 4.78 is 5.44. The van der Waals surface area contributed by atoms with Gasteiger partial charge in [0, 0.05) is 10.9 Å². The fraction of sp³-hybridized carbons (Fsp3) is 0.400. The van der Waals surface area contributed by atoms with E-state index in [1.807, 2.05) is 0 Å². The topological polar surface area (TPSA) is 29.5 Å². The second-order valence-electron chi connectivity index (χ2n) is 2.87. The molecule has 0 saturated carbocycles. The Labute approximate surface area is 97.0 Å². The van der Waals surface area contributed by atoms with Crippen LogP contribution < -0.4 is 4.74 Å². The maximum atomic E-state index is 9.48. The summed E-state index contributed by atoms with van der Waals surface area (Å²) in [4.78, 5) is 0. The molecule has 1 atom stereocenters. The van der Waals surface area contributed by atoms with Crippen molar-refractivity contribution in [2.45, 2.75) is 13.0 Å². The van der Waals surface area contributed by atoms with Crippen molar-refractivity contribution in [2.75, 3.05) is 11.9 Å². The van der Waals surface area contributed by atoms with Gasteiger partial charge in [-0.2, -0.15) is 0 Å². The minimum absolute atomic E-state index is 0.531. The Morgan fingerprint density at radius 1 is 1.57 bits per heavy atom. The van der Waals surface area contributed by atoms with Gasteiger partial charge >= 0.3 is 0 Å². The lowest BCUT2D eigenvalue weighted by atomic mass is 10.1. The number of ether oxygens (including phenoxy) is 1. The van der Waals surface area contributed by atoms with Crippen LogP contribution in [-0.2, 0) is 0 Å². The molecule has 0 heterocycles. The van der Waals surface area contributed by atoms with Crippen LogP contribution in [0.4, 0.5) is 0 Å². The molecule has 4 heteroatoms. The van der Waals surface area contributed by atoms with Crippen molar-refractivity contribution in [3.8, 4) is 5.75 Å². The largest absolute Gasteiger partial charge is 0.491 e. The molecule has 1 aromatic rings. The maximum Gasteiger partial charge on any atom is 0.143 e. The highest BCUT2D eigenvalue weighted by molar-refractivity contribution is 9.09. The number of halogens is 2. The molecule has 1 N–H and O–H groups in total. The van der Waals surface area contributed by atoms with E-state index < -0.39 is 6.10 Å². The van der Waals surface area contributed by atoms with Crippen molar-refractivity contribution in [1.29, 1.82) is 0 Å². The lowest BCUT2D eigenvalue weighted by Crippen LogP contribution is -2.03. The van der Waals surface area contributed by atoms with Crippen molar-refractivity contribution < 1.29 is 9.84 Å². The van der Waals surface area contributed by atoms with Crippen LogP contribution in [0.15, 0.2) is 18.2 Å². The second-order valence-corrected chi connectivity index (χ2v) is 4.07. The van der Waals surface area contributed by atoms with E-state index in [0.29, 0.717) is 17.4 Å². The van der Waals surface area contributed by atoms with Crippen molar-refractivity contribution in [2.24, 2.45) is 0 Å². The first-order chi connectivity index (χ1) is 6.66. The molecular formula is C10H12BrClO2. The molecule has 0 aliphatic carbocycles. The molecule has 78 valence electrons. The fourth-order valence-electron chi connectivity index (χ4n) is 1.15. The van der Waals surface area contributed by atoms with Crippen LogP contribution in [0.1, 0.15) is 18.6 Å². The van der Waals surface area contributed by atoms with Crippen LogP contribution >= 0.6 is 27.5 Å². The average molecular weight is 280 g/mol. The normalized spacial score (nSPS) is 12.6. The molecule has 1 aromatic carbocycles. The average Bonchev–Trinajstić information content (AvgIpc) is 2.15. The third-order valence-electron chi connectivity index (χ3n) is 1.77.